The van der Waals surface area contributed by atoms with Gasteiger partial charge in [-0.1, -0.05) is 0 Å². The average Bonchev–Trinajstić information content (AvgIpc) is 2.81. The van der Waals surface area contributed by atoms with E-state index in [9.17, 15) is 9.59 Å². The summed E-state index contributed by atoms with van der Waals surface area (Å²) in [4.78, 5) is 22.4. The van der Waals surface area contributed by atoms with Crippen molar-refractivity contribution in [2.45, 2.75) is 25.7 Å². The van der Waals surface area contributed by atoms with E-state index in [1.54, 1.807) is 6.26 Å². The van der Waals surface area contributed by atoms with E-state index in [1.165, 1.54) is 0 Å². The number of carbonyl (C=O) groups excluding carboxylic acids is 1. The second-order valence-electron chi connectivity index (χ2n) is 4.92. The van der Waals surface area contributed by atoms with Crippen molar-refractivity contribution in [2.24, 2.45) is 23.5 Å². The zero-order valence-corrected chi connectivity index (χ0v) is 10.0. The number of carboxylic acids is 1. The molecule has 0 aliphatic heterocycles. The van der Waals surface area contributed by atoms with Crippen molar-refractivity contribution in [2.75, 3.05) is 0 Å². The molecule has 5 heteroatoms. The quantitative estimate of drug-likeness (QED) is 0.846. The van der Waals surface area contributed by atoms with Gasteiger partial charge in [-0.3, -0.25) is 9.59 Å². The number of carbonyl (C=O) groups is 2. The number of hydrogen-bond acceptors (Lipinski definition) is 3. The Hall–Kier alpha value is -1.78. The van der Waals surface area contributed by atoms with Gasteiger partial charge in [0.2, 0.25) is 5.91 Å². The topological polar surface area (TPSA) is 93.5 Å². The fourth-order valence-corrected chi connectivity index (χ4v) is 2.77. The average molecular weight is 251 g/mol. The highest BCUT2D eigenvalue weighted by atomic mass is 16.4. The molecule has 1 saturated carbocycles. The van der Waals surface area contributed by atoms with E-state index in [0.717, 1.165) is 18.6 Å². The molecule has 1 amide bonds. The number of amides is 1. The van der Waals surface area contributed by atoms with Gasteiger partial charge in [-0.2, -0.15) is 0 Å². The fraction of sp³-hybridized carbons (Fsp3) is 0.538. The van der Waals surface area contributed by atoms with Gasteiger partial charge in [0.15, 0.2) is 0 Å². The maximum absolute atomic E-state index is 11.4. The van der Waals surface area contributed by atoms with Crippen LogP contribution in [0.2, 0.25) is 0 Å². The minimum absolute atomic E-state index is 0.268. The highest BCUT2D eigenvalue weighted by Crippen LogP contribution is 2.35. The Labute approximate surface area is 105 Å². The van der Waals surface area contributed by atoms with Crippen molar-refractivity contribution >= 4 is 11.9 Å². The van der Waals surface area contributed by atoms with Gasteiger partial charge in [-0.05, 0) is 37.3 Å². The Morgan fingerprint density at radius 3 is 2.72 bits per heavy atom. The molecule has 5 nitrogen and oxygen atoms in total. The summed E-state index contributed by atoms with van der Waals surface area (Å²) < 4.78 is 5.27. The molecule has 0 spiro atoms. The van der Waals surface area contributed by atoms with Crippen LogP contribution in [-0.4, -0.2) is 17.0 Å². The summed E-state index contributed by atoms with van der Waals surface area (Å²) in [6.07, 6.45) is 4.19. The minimum atomic E-state index is -0.921. The molecule has 1 fully saturated rings. The van der Waals surface area contributed by atoms with Gasteiger partial charge in [-0.15, -0.1) is 0 Å². The summed E-state index contributed by atoms with van der Waals surface area (Å²) >= 11 is 0. The zero-order chi connectivity index (χ0) is 13.1. The normalized spacial score (nSPS) is 27.9. The first-order valence-electron chi connectivity index (χ1n) is 6.12. The second kappa shape index (κ2) is 5.25. The summed E-state index contributed by atoms with van der Waals surface area (Å²) in [5.74, 6) is -1.48. The van der Waals surface area contributed by atoms with Gasteiger partial charge in [0, 0.05) is 6.42 Å². The van der Waals surface area contributed by atoms with Gasteiger partial charge in [-0.25, -0.2) is 0 Å². The van der Waals surface area contributed by atoms with Gasteiger partial charge in [0.1, 0.15) is 5.76 Å². The molecule has 3 N–H and O–H groups in total. The van der Waals surface area contributed by atoms with Crippen LogP contribution < -0.4 is 5.73 Å². The molecule has 0 bridgehead atoms. The van der Waals surface area contributed by atoms with Crippen molar-refractivity contribution in [1.29, 1.82) is 0 Å². The largest absolute Gasteiger partial charge is 0.481 e. The predicted octanol–water partition coefficient (Wildman–Crippen LogP) is 1.42. The lowest BCUT2D eigenvalue weighted by Gasteiger charge is -2.31. The van der Waals surface area contributed by atoms with Crippen LogP contribution in [0.3, 0.4) is 0 Å². The van der Waals surface area contributed by atoms with Gasteiger partial charge < -0.3 is 15.3 Å². The molecule has 0 radical (unpaired) electrons. The van der Waals surface area contributed by atoms with Crippen molar-refractivity contribution in [3.63, 3.8) is 0 Å². The Morgan fingerprint density at radius 1 is 1.39 bits per heavy atom. The summed E-state index contributed by atoms with van der Waals surface area (Å²) in [5, 5.41) is 9.07. The number of hydrogen-bond donors (Lipinski definition) is 2. The van der Waals surface area contributed by atoms with Crippen LogP contribution >= 0.6 is 0 Å². The van der Waals surface area contributed by atoms with Crippen LogP contribution in [0.15, 0.2) is 22.8 Å². The lowest BCUT2D eigenvalue weighted by atomic mass is 9.72. The maximum atomic E-state index is 11.4. The molecular weight excluding hydrogens is 234 g/mol. The number of aliphatic carboxylic acids is 1. The van der Waals surface area contributed by atoms with Crippen LogP contribution in [-0.2, 0) is 16.0 Å². The smallest absolute Gasteiger partial charge is 0.307 e. The SMILES string of the molecule is NC(=O)C1CC(Cc2ccco2)CCC1C(=O)O. The third kappa shape index (κ3) is 2.72. The molecule has 2 rings (SSSR count). The van der Waals surface area contributed by atoms with E-state index >= 15 is 0 Å². The summed E-state index contributed by atoms with van der Waals surface area (Å²) in [7, 11) is 0. The Balaban J connectivity index is 2.02. The van der Waals surface area contributed by atoms with Gasteiger partial charge in [0.05, 0.1) is 18.1 Å². The summed E-state index contributed by atoms with van der Waals surface area (Å²) in [5.41, 5.74) is 5.31. The second-order valence-corrected chi connectivity index (χ2v) is 4.92. The predicted molar refractivity (Wildman–Crippen MR) is 63.6 cm³/mol. The first kappa shape index (κ1) is 12.7. The monoisotopic (exact) mass is 251 g/mol. The van der Waals surface area contributed by atoms with Gasteiger partial charge in [0.25, 0.3) is 0 Å². The molecule has 1 aliphatic carbocycles. The molecular formula is C13H17NO4. The third-order valence-corrected chi connectivity index (χ3v) is 3.71. The first-order chi connectivity index (χ1) is 8.58. The Morgan fingerprint density at radius 2 is 2.17 bits per heavy atom. The van der Waals surface area contributed by atoms with E-state index in [1.807, 2.05) is 12.1 Å². The number of nitrogens with two attached hydrogens (primary N) is 1. The highest BCUT2D eigenvalue weighted by molar-refractivity contribution is 5.83. The van der Waals surface area contributed by atoms with Crippen molar-refractivity contribution in [1.82, 2.24) is 0 Å². The number of primary amides is 1. The molecule has 1 heterocycles. The number of rotatable bonds is 4. The zero-order valence-electron chi connectivity index (χ0n) is 10.0. The number of furan rings is 1. The fourth-order valence-electron chi connectivity index (χ4n) is 2.77. The van der Waals surface area contributed by atoms with Crippen molar-refractivity contribution in [3.8, 4) is 0 Å². The van der Waals surface area contributed by atoms with E-state index < -0.39 is 23.7 Å². The van der Waals surface area contributed by atoms with Crippen LogP contribution in [0.5, 0.6) is 0 Å². The molecule has 0 saturated heterocycles. The van der Waals surface area contributed by atoms with Crippen molar-refractivity contribution in [3.05, 3.63) is 24.2 Å². The molecule has 3 atom stereocenters. The molecule has 0 aromatic carbocycles. The van der Waals surface area contributed by atoms with E-state index in [4.69, 9.17) is 15.3 Å². The lowest BCUT2D eigenvalue weighted by Crippen LogP contribution is -2.39. The minimum Gasteiger partial charge on any atom is -0.481 e. The maximum Gasteiger partial charge on any atom is 0.307 e. The van der Waals surface area contributed by atoms with Crippen LogP contribution in [0, 0.1) is 17.8 Å². The lowest BCUT2D eigenvalue weighted by molar-refractivity contribution is -0.149. The standard InChI is InChI=1S/C13H17NO4/c14-12(15)11-7-8(3-4-10(11)13(16)17)6-9-2-1-5-18-9/h1-2,5,8,10-11H,3-4,6-7H2,(H2,14,15)(H,16,17). The first-order valence-corrected chi connectivity index (χ1v) is 6.12. The van der Waals surface area contributed by atoms with Gasteiger partial charge >= 0.3 is 5.97 Å². The highest BCUT2D eigenvalue weighted by Gasteiger charge is 2.38. The Kier molecular flexibility index (Phi) is 3.69. The molecule has 18 heavy (non-hydrogen) atoms. The third-order valence-electron chi connectivity index (χ3n) is 3.71. The van der Waals surface area contributed by atoms with Crippen LogP contribution in [0.25, 0.3) is 0 Å². The van der Waals surface area contributed by atoms with Crippen LogP contribution in [0.4, 0.5) is 0 Å². The molecule has 1 aromatic rings. The van der Waals surface area contributed by atoms with Crippen molar-refractivity contribution < 1.29 is 19.1 Å². The Bertz CT molecular complexity index is 426. The molecule has 3 unspecified atom stereocenters. The summed E-state index contributed by atoms with van der Waals surface area (Å²) in [6.45, 7) is 0. The van der Waals surface area contributed by atoms with E-state index in [2.05, 4.69) is 0 Å². The van der Waals surface area contributed by atoms with E-state index in [-0.39, 0.29) is 5.92 Å². The molecule has 98 valence electrons. The molecule has 1 aliphatic rings. The van der Waals surface area contributed by atoms with E-state index in [0.29, 0.717) is 12.8 Å². The molecule has 1 aromatic heterocycles. The van der Waals surface area contributed by atoms with Crippen LogP contribution in [0.1, 0.15) is 25.0 Å². The number of carboxylic acid groups (broad SMARTS) is 1. The summed E-state index contributed by atoms with van der Waals surface area (Å²) in [6, 6.07) is 3.71.